The highest BCUT2D eigenvalue weighted by Crippen LogP contribution is 2.28. The average molecular weight is 259 g/mol. The molecule has 0 atom stereocenters. The summed E-state index contributed by atoms with van der Waals surface area (Å²) in [6, 6.07) is 7.91. The molecule has 0 fully saturated rings. The Morgan fingerprint density at radius 2 is 2.11 bits per heavy atom. The van der Waals surface area contributed by atoms with Crippen LogP contribution < -0.4 is 0 Å². The normalized spacial score (nSPS) is 10.9. The van der Waals surface area contributed by atoms with E-state index < -0.39 is 5.97 Å². The van der Waals surface area contributed by atoms with Crippen LogP contribution in [0.15, 0.2) is 28.8 Å². The van der Waals surface area contributed by atoms with Crippen molar-refractivity contribution >= 4 is 5.97 Å². The molecule has 0 unspecified atom stereocenters. The van der Waals surface area contributed by atoms with Crippen LogP contribution in [-0.2, 0) is 11.2 Å². The SMILES string of the molecule is Cc1ccc(C(C)C)cc1-c1cc(CC(=O)O)no1. The van der Waals surface area contributed by atoms with Gasteiger partial charge < -0.3 is 9.63 Å². The van der Waals surface area contributed by atoms with Crippen molar-refractivity contribution in [3.05, 3.63) is 41.1 Å². The highest BCUT2D eigenvalue weighted by atomic mass is 16.5. The molecule has 0 bridgehead atoms. The number of hydrogen-bond donors (Lipinski definition) is 1. The van der Waals surface area contributed by atoms with Crippen LogP contribution in [0.1, 0.15) is 36.6 Å². The fourth-order valence-electron chi connectivity index (χ4n) is 1.94. The van der Waals surface area contributed by atoms with E-state index in [0.29, 0.717) is 17.4 Å². The molecule has 0 radical (unpaired) electrons. The summed E-state index contributed by atoms with van der Waals surface area (Å²) in [5, 5.41) is 12.5. The molecular weight excluding hydrogens is 242 g/mol. The molecule has 2 rings (SSSR count). The minimum atomic E-state index is -0.910. The Bertz CT molecular complexity index is 599. The zero-order valence-corrected chi connectivity index (χ0v) is 11.3. The van der Waals surface area contributed by atoms with E-state index in [1.807, 2.05) is 13.0 Å². The molecule has 100 valence electrons. The maximum Gasteiger partial charge on any atom is 0.309 e. The third kappa shape index (κ3) is 3.02. The fraction of sp³-hybridized carbons (Fsp3) is 0.333. The molecule has 0 aliphatic rings. The molecular formula is C15H17NO3. The lowest BCUT2D eigenvalue weighted by molar-refractivity contribution is -0.136. The summed E-state index contributed by atoms with van der Waals surface area (Å²) in [4.78, 5) is 10.6. The second-order valence-electron chi connectivity index (χ2n) is 4.98. The topological polar surface area (TPSA) is 63.3 Å². The van der Waals surface area contributed by atoms with Crippen molar-refractivity contribution in [1.82, 2.24) is 5.16 Å². The van der Waals surface area contributed by atoms with Gasteiger partial charge in [0.05, 0.1) is 12.1 Å². The zero-order chi connectivity index (χ0) is 14.0. The lowest BCUT2D eigenvalue weighted by atomic mass is 9.96. The Hall–Kier alpha value is -2.10. The number of aryl methyl sites for hydroxylation is 1. The lowest BCUT2D eigenvalue weighted by Crippen LogP contribution is -1.99. The first kappa shape index (κ1) is 13.3. The summed E-state index contributed by atoms with van der Waals surface area (Å²) < 4.78 is 5.25. The Kier molecular flexibility index (Phi) is 3.69. The van der Waals surface area contributed by atoms with Gasteiger partial charge >= 0.3 is 5.97 Å². The van der Waals surface area contributed by atoms with Gasteiger partial charge in [0.15, 0.2) is 5.76 Å². The Morgan fingerprint density at radius 1 is 1.37 bits per heavy atom. The first-order chi connectivity index (χ1) is 8.97. The van der Waals surface area contributed by atoms with Gasteiger partial charge in [-0.2, -0.15) is 0 Å². The second-order valence-corrected chi connectivity index (χ2v) is 4.98. The van der Waals surface area contributed by atoms with Crippen LogP contribution in [0.2, 0.25) is 0 Å². The van der Waals surface area contributed by atoms with Crippen molar-refractivity contribution in [3.63, 3.8) is 0 Å². The maximum atomic E-state index is 10.6. The van der Waals surface area contributed by atoms with Crippen LogP contribution in [0.3, 0.4) is 0 Å². The van der Waals surface area contributed by atoms with Crippen molar-refractivity contribution in [2.75, 3.05) is 0 Å². The Labute approximate surface area is 112 Å². The molecule has 0 aliphatic carbocycles. The smallest absolute Gasteiger partial charge is 0.309 e. The molecule has 1 aromatic carbocycles. The number of hydrogen-bond acceptors (Lipinski definition) is 3. The van der Waals surface area contributed by atoms with Crippen LogP contribution in [0.25, 0.3) is 11.3 Å². The van der Waals surface area contributed by atoms with Gasteiger partial charge in [0.1, 0.15) is 0 Å². The monoisotopic (exact) mass is 259 g/mol. The summed E-state index contributed by atoms with van der Waals surface area (Å²) >= 11 is 0. The predicted octanol–water partition coefficient (Wildman–Crippen LogP) is 3.40. The minimum Gasteiger partial charge on any atom is -0.481 e. The number of rotatable bonds is 4. The number of aliphatic carboxylic acids is 1. The Morgan fingerprint density at radius 3 is 2.74 bits per heavy atom. The van der Waals surface area contributed by atoms with Crippen molar-refractivity contribution in [2.24, 2.45) is 0 Å². The molecule has 0 aliphatic heterocycles. The second kappa shape index (κ2) is 5.26. The number of carbonyl (C=O) groups is 1. The highest BCUT2D eigenvalue weighted by molar-refractivity contribution is 5.70. The highest BCUT2D eigenvalue weighted by Gasteiger charge is 2.12. The van der Waals surface area contributed by atoms with E-state index in [-0.39, 0.29) is 6.42 Å². The summed E-state index contributed by atoms with van der Waals surface area (Å²) in [5.41, 5.74) is 3.71. The number of carboxylic acids is 1. The summed E-state index contributed by atoms with van der Waals surface area (Å²) in [6.45, 7) is 6.26. The van der Waals surface area contributed by atoms with Gasteiger partial charge in [0, 0.05) is 11.6 Å². The Balaban J connectivity index is 2.37. The van der Waals surface area contributed by atoms with E-state index in [0.717, 1.165) is 11.1 Å². The first-order valence-corrected chi connectivity index (χ1v) is 6.25. The van der Waals surface area contributed by atoms with E-state index in [1.165, 1.54) is 5.56 Å². The predicted molar refractivity (Wildman–Crippen MR) is 72.1 cm³/mol. The van der Waals surface area contributed by atoms with E-state index in [4.69, 9.17) is 9.63 Å². The molecule has 2 aromatic rings. The fourth-order valence-corrected chi connectivity index (χ4v) is 1.94. The molecule has 4 heteroatoms. The average Bonchev–Trinajstić information content (AvgIpc) is 2.76. The van der Waals surface area contributed by atoms with E-state index in [9.17, 15) is 4.79 Å². The molecule has 1 aromatic heterocycles. The number of benzene rings is 1. The van der Waals surface area contributed by atoms with Gasteiger partial charge in [-0.3, -0.25) is 4.79 Å². The molecule has 0 spiro atoms. The number of aromatic nitrogens is 1. The van der Waals surface area contributed by atoms with Crippen LogP contribution in [0.5, 0.6) is 0 Å². The van der Waals surface area contributed by atoms with Crippen LogP contribution >= 0.6 is 0 Å². The maximum absolute atomic E-state index is 10.6. The molecule has 0 saturated carbocycles. The molecule has 1 heterocycles. The van der Waals surface area contributed by atoms with Gasteiger partial charge in [0.25, 0.3) is 0 Å². The van der Waals surface area contributed by atoms with E-state index in [1.54, 1.807) is 6.07 Å². The molecule has 0 amide bonds. The third-order valence-electron chi connectivity index (χ3n) is 3.09. The van der Waals surface area contributed by atoms with Gasteiger partial charge in [-0.25, -0.2) is 0 Å². The van der Waals surface area contributed by atoms with Gasteiger partial charge in [-0.15, -0.1) is 0 Å². The first-order valence-electron chi connectivity index (χ1n) is 6.25. The number of carboxylic acid groups (broad SMARTS) is 1. The summed E-state index contributed by atoms with van der Waals surface area (Å²) in [7, 11) is 0. The quantitative estimate of drug-likeness (QED) is 0.914. The number of nitrogens with zero attached hydrogens (tertiary/aromatic N) is 1. The molecule has 0 saturated heterocycles. The van der Waals surface area contributed by atoms with Gasteiger partial charge in [0.2, 0.25) is 0 Å². The van der Waals surface area contributed by atoms with Crippen molar-refractivity contribution in [2.45, 2.75) is 33.1 Å². The third-order valence-corrected chi connectivity index (χ3v) is 3.09. The molecule has 4 nitrogen and oxygen atoms in total. The van der Waals surface area contributed by atoms with Crippen molar-refractivity contribution < 1.29 is 14.4 Å². The van der Waals surface area contributed by atoms with Crippen molar-refractivity contribution in [1.29, 1.82) is 0 Å². The standard InChI is InChI=1S/C15H17NO3/c1-9(2)11-5-4-10(3)13(6-11)14-7-12(16-19-14)8-15(17)18/h4-7,9H,8H2,1-3H3,(H,17,18). The minimum absolute atomic E-state index is 0.119. The van der Waals surface area contributed by atoms with Gasteiger partial charge in [-0.05, 0) is 30.0 Å². The van der Waals surface area contributed by atoms with Crippen molar-refractivity contribution in [3.8, 4) is 11.3 Å². The van der Waals surface area contributed by atoms with Crippen LogP contribution in [0.4, 0.5) is 0 Å². The van der Waals surface area contributed by atoms with Gasteiger partial charge in [-0.1, -0.05) is 31.1 Å². The lowest BCUT2D eigenvalue weighted by Gasteiger charge is -2.08. The van der Waals surface area contributed by atoms with E-state index in [2.05, 4.69) is 31.1 Å². The summed E-state index contributed by atoms with van der Waals surface area (Å²) in [5.74, 6) is 0.143. The van der Waals surface area contributed by atoms with Crippen LogP contribution in [-0.4, -0.2) is 16.2 Å². The largest absolute Gasteiger partial charge is 0.481 e. The van der Waals surface area contributed by atoms with Crippen LogP contribution in [0, 0.1) is 6.92 Å². The molecule has 1 N–H and O–H groups in total. The van der Waals surface area contributed by atoms with E-state index >= 15 is 0 Å². The summed E-state index contributed by atoms with van der Waals surface area (Å²) in [6.07, 6.45) is -0.119. The zero-order valence-electron chi connectivity index (χ0n) is 11.3. The molecule has 19 heavy (non-hydrogen) atoms.